The van der Waals surface area contributed by atoms with Crippen molar-refractivity contribution in [1.82, 2.24) is 19.7 Å². The van der Waals surface area contributed by atoms with E-state index in [-0.39, 0.29) is 0 Å². The maximum atomic E-state index is 6.02. The molecule has 0 aliphatic heterocycles. The third kappa shape index (κ3) is 3.66. The van der Waals surface area contributed by atoms with E-state index in [1.807, 2.05) is 43.6 Å². The van der Waals surface area contributed by atoms with Gasteiger partial charge in [-0.1, -0.05) is 12.1 Å². The number of nitrogen functional groups attached to an aromatic ring is 1. The molecule has 0 amide bonds. The summed E-state index contributed by atoms with van der Waals surface area (Å²) in [4.78, 5) is 8.91. The van der Waals surface area contributed by atoms with Gasteiger partial charge in [-0.25, -0.2) is 9.97 Å². The minimum Gasteiger partial charge on any atom is -0.497 e. The zero-order valence-corrected chi connectivity index (χ0v) is 13.2. The van der Waals surface area contributed by atoms with Crippen molar-refractivity contribution in [2.45, 2.75) is 12.8 Å². The Morgan fingerprint density at radius 1 is 1.13 bits per heavy atom. The summed E-state index contributed by atoms with van der Waals surface area (Å²) in [6.07, 6.45) is 4.83. The topological polar surface area (TPSA) is 78.8 Å². The van der Waals surface area contributed by atoms with E-state index in [4.69, 9.17) is 10.5 Å². The molecule has 2 aromatic heterocycles. The van der Waals surface area contributed by atoms with Gasteiger partial charge < -0.3 is 10.5 Å². The van der Waals surface area contributed by atoms with Gasteiger partial charge in [-0.3, -0.25) is 4.68 Å². The van der Waals surface area contributed by atoms with Gasteiger partial charge in [-0.15, -0.1) is 0 Å². The van der Waals surface area contributed by atoms with Crippen molar-refractivity contribution in [2.24, 2.45) is 7.05 Å². The van der Waals surface area contributed by atoms with E-state index in [1.54, 1.807) is 18.0 Å². The lowest BCUT2D eigenvalue weighted by Gasteiger charge is -2.07. The van der Waals surface area contributed by atoms with Crippen molar-refractivity contribution < 1.29 is 4.74 Å². The predicted octanol–water partition coefficient (Wildman–Crippen LogP) is 1.98. The van der Waals surface area contributed by atoms with E-state index in [0.717, 1.165) is 28.5 Å². The maximum Gasteiger partial charge on any atom is 0.134 e. The number of aryl methyl sites for hydroxylation is 1. The van der Waals surface area contributed by atoms with Crippen LogP contribution in [0.4, 0.5) is 5.69 Å². The maximum absolute atomic E-state index is 6.02. The second kappa shape index (κ2) is 6.48. The number of ether oxygens (including phenoxy) is 1. The van der Waals surface area contributed by atoms with E-state index < -0.39 is 0 Å². The molecule has 0 unspecified atom stereocenters. The van der Waals surface area contributed by atoms with Gasteiger partial charge in [0.1, 0.15) is 11.6 Å². The van der Waals surface area contributed by atoms with Gasteiger partial charge in [0.15, 0.2) is 0 Å². The average molecular weight is 309 g/mol. The molecule has 6 heteroatoms. The van der Waals surface area contributed by atoms with Gasteiger partial charge in [-0.2, -0.15) is 5.10 Å². The standard InChI is InChI=1S/C17H19N5O/c1-22-8-7-13(21-22)10-17-19-11-15(18)16(20-17)9-12-3-5-14(23-2)6-4-12/h3-8,11H,9-10,18H2,1-2H3. The van der Waals surface area contributed by atoms with Crippen LogP contribution in [0.3, 0.4) is 0 Å². The summed E-state index contributed by atoms with van der Waals surface area (Å²) >= 11 is 0. The molecule has 2 heterocycles. The molecule has 3 rings (SSSR count). The minimum atomic E-state index is 0.594. The van der Waals surface area contributed by atoms with Crippen molar-refractivity contribution >= 4 is 5.69 Å². The van der Waals surface area contributed by atoms with Crippen LogP contribution in [-0.4, -0.2) is 26.9 Å². The van der Waals surface area contributed by atoms with Crippen molar-refractivity contribution in [3.63, 3.8) is 0 Å². The van der Waals surface area contributed by atoms with Crippen LogP contribution in [0.5, 0.6) is 5.75 Å². The molecular formula is C17H19N5O. The van der Waals surface area contributed by atoms with E-state index in [0.29, 0.717) is 18.5 Å². The molecule has 3 aromatic rings. The van der Waals surface area contributed by atoms with Crippen LogP contribution in [0.1, 0.15) is 22.8 Å². The predicted molar refractivity (Wildman–Crippen MR) is 88.3 cm³/mol. The fourth-order valence-corrected chi connectivity index (χ4v) is 2.35. The molecule has 2 N–H and O–H groups in total. The summed E-state index contributed by atoms with van der Waals surface area (Å²) in [6.45, 7) is 0. The molecule has 23 heavy (non-hydrogen) atoms. The van der Waals surface area contributed by atoms with Crippen LogP contribution >= 0.6 is 0 Å². The SMILES string of the molecule is COc1ccc(Cc2nc(Cc3ccn(C)n3)ncc2N)cc1. The molecule has 0 saturated heterocycles. The van der Waals surface area contributed by atoms with Gasteiger partial charge in [0.25, 0.3) is 0 Å². The summed E-state index contributed by atoms with van der Waals surface area (Å²) in [7, 11) is 3.55. The first-order chi connectivity index (χ1) is 11.1. The molecule has 1 aromatic carbocycles. The lowest BCUT2D eigenvalue weighted by atomic mass is 10.1. The highest BCUT2D eigenvalue weighted by Crippen LogP contribution is 2.17. The average Bonchev–Trinajstić information content (AvgIpc) is 2.96. The first-order valence-electron chi connectivity index (χ1n) is 7.36. The summed E-state index contributed by atoms with van der Waals surface area (Å²) < 4.78 is 6.94. The number of anilines is 1. The third-order valence-electron chi connectivity index (χ3n) is 3.59. The number of methoxy groups -OCH3 is 1. The Kier molecular flexibility index (Phi) is 4.23. The van der Waals surface area contributed by atoms with Crippen LogP contribution in [-0.2, 0) is 19.9 Å². The lowest BCUT2D eigenvalue weighted by molar-refractivity contribution is 0.414. The summed E-state index contributed by atoms with van der Waals surface area (Å²) in [5.74, 6) is 1.56. The van der Waals surface area contributed by atoms with Crippen LogP contribution < -0.4 is 10.5 Å². The number of nitrogens with zero attached hydrogens (tertiary/aromatic N) is 4. The number of rotatable bonds is 5. The highest BCUT2D eigenvalue weighted by Gasteiger charge is 2.08. The number of hydrogen-bond donors (Lipinski definition) is 1. The summed E-state index contributed by atoms with van der Waals surface area (Å²) in [5.41, 5.74) is 9.52. The number of nitrogens with two attached hydrogens (primary N) is 1. The van der Waals surface area contributed by atoms with Crippen molar-refractivity contribution in [3.8, 4) is 5.75 Å². The van der Waals surface area contributed by atoms with Crippen molar-refractivity contribution in [2.75, 3.05) is 12.8 Å². The molecule has 0 aliphatic rings. The quantitative estimate of drug-likeness (QED) is 0.779. The summed E-state index contributed by atoms with van der Waals surface area (Å²) in [6, 6.07) is 9.85. The van der Waals surface area contributed by atoms with Crippen LogP contribution in [0, 0.1) is 0 Å². The van der Waals surface area contributed by atoms with Gasteiger partial charge in [0.05, 0.1) is 36.8 Å². The van der Waals surface area contributed by atoms with Crippen molar-refractivity contribution in [1.29, 1.82) is 0 Å². The molecule has 0 saturated carbocycles. The van der Waals surface area contributed by atoms with Crippen LogP contribution in [0.15, 0.2) is 42.7 Å². The highest BCUT2D eigenvalue weighted by atomic mass is 16.5. The zero-order valence-electron chi connectivity index (χ0n) is 13.2. The Morgan fingerprint density at radius 2 is 1.91 bits per heavy atom. The zero-order chi connectivity index (χ0) is 16.2. The van der Waals surface area contributed by atoms with Gasteiger partial charge >= 0.3 is 0 Å². The molecule has 0 aliphatic carbocycles. The van der Waals surface area contributed by atoms with E-state index >= 15 is 0 Å². The third-order valence-corrected chi connectivity index (χ3v) is 3.59. The number of hydrogen-bond acceptors (Lipinski definition) is 5. The number of aromatic nitrogens is 4. The largest absolute Gasteiger partial charge is 0.497 e. The number of benzene rings is 1. The van der Waals surface area contributed by atoms with Crippen LogP contribution in [0.2, 0.25) is 0 Å². The fourth-order valence-electron chi connectivity index (χ4n) is 2.35. The molecule has 6 nitrogen and oxygen atoms in total. The normalized spacial score (nSPS) is 10.7. The molecule has 0 spiro atoms. The van der Waals surface area contributed by atoms with Crippen LogP contribution in [0.25, 0.3) is 0 Å². The highest BCUT2D eigenvalue weighted by molar-refractivity contribution is 5.43. The smallest absolute Gasteiger partial charge is 0.134 e. The van der Waals surface area contributed by atoms with E-state index in [9.17, 15) is 0 Å². The molecule has 0 radical (unpaired) electrons. The Bertz CT molecular complexity index is 795. The lowest BCUT2D eigenvalue weighted by Crippen LogP contribution is -2.06. The Morgan fingerprint density at radius 3 is 2.57 bits per heavy atom. The fraction of sp³-hybridized carbons (Fsp3) is 0.235. The molecular weight excluding hydrogens is 290 g/mol. The van der Waals surface area contributed by atoms with Crippen molar-refractivity contribution in [3.05, 3.63) is 65.5 Å². The molecule has 0 bridgehead atoms. The summed E-state index contributed by atoms with van der Waals surface area (Å²) in [5, 5.41) is 4.35. The second-order valence-corrected chi connectivity index (χ2v) is 5.37. The first kappa shape index (κ1) is 15.0. The molecule has 118 valence electrons. The van der Waals surface area contributed by atoms with Gasteiger partial charge in [-0.05, 0) is 23.8 Å². The van der Waals surface area contributed by atoms with E-state index in [2.05, 4.69) is 15.1 Å². The first-order valence-corrected chi connectivity index (χ1v) is 7.36. The minimum absolute atomic E-state index is 0.594. The second-order valence-electron chi connectivity index (χ2n) is 5.37. The Labute approximate surface area is 135 Å². The Hall–Kier alpha value is -2.89. The van der Waals surface area contributed by atoms with Gasteiger partial charge in [0.2, 0.25) is 0 Å². The van der Waals surface area contributed by atoms with Gasteiger partial charge in [0, 0.05) is 19.7 Å². The monoisotopic (exact) mass is 309 g/mol. The Balaban J connectivity index is 1.79. The molecule has 0 fully saturated rings. The van der Waals surface area contributed by atoms with E-state index in [1.165, 1.54) is 0 Å². The molecule has 0 atom stereocenters.